The van der Waals surface area contributed by atoms with Crippen LogP contribution in [0.3, 0.4) is 0 Å². The van der Waals surface area contributed by atoms with Gasteiger partial charge in [-0.2, -0.15) is 13.2 Å². The highest BCUT2D eigenvalue weighted by atomic mass is 32.2. The molecule has 1 fully saturated rings. The van der Waals surface area contributed by atoms with E-state index in [9.17, 15) is 27.9 Å². The quantitative estimate of drug-likeness (QED) is 0.431. The summed E-state index contributed by atoms with van der Waals surface area (Å²) in [6.45, 7) is 3.48. The summed E-state index contributed by atoms with van der Waals surface area (Å²) in [5, 5.41) is 12.1. The van der Waals surface area contributed by atoms with Crippen LogP contribution in [0.4, 0.5) is 18.9 Å². The molecule has 33 heavy (non-hydrogen) atoms. The first-order chi connectivity index (χ1) is 15.5. The molecular weight excluding hydrogens is 477 g/mol. The van der Waals surface area contributed by atoms with E-state index in [0.717, 1.165) is 28.8 Å². The third-order valence-corrected chi connectivity index (χ3v) is 5.99. The number of ether oxygens (including phenoxy) is 1. The topological polar surface area (TPSA) is 78.9 Å². The van der Waals surface area contributed by atoms with Gasteiger partial charge in [-0.25, -0.2) is 0 Å². The number of hydrogen-bond donors (Lipinski definition) is 2. The molecule has 6 nitrogen and oxygen atoms in total. The maximum absolute atomic E-state index is 13.2. The molecule has 3 rings (SSSR count). The fraction of sp³-hybridized carbons (Fsp3) is 0.227. The van der Waals surface area contributed by atoms with Gasteiger partial charge in [0.25, 0.3) is 5.91 Å². The Morgan fingerprint density at radius 1 is 1.30 bits per heavy atom. The van der Waals surface area contributed by atoms with Crippen LogP contribution in [0.15, 0.2) is 47.4 Å². The van der Waals surface area contributed by atoms with E-state index in [0.29, 0.717) is 12.2 Å². The lowest BCUT2D eigenvalue weighted by Gasteiger charge is -2.23. The second-order valence-electron chi connectivity index (χ2n) is 6.92. The van der Waals surface area contributed by atoms with Crippen LogP contribution in [0.25, 0.3) is 6.08 Å². The summed E-state index contributed by atoms with van der Waals surface area (Å²) < 4.78 is 45.1. The van der Waals surface area contributed by atoms with Crippen LogP contribution in [0.5, 0.6) is 11.5 Å². The normalized spacial score (nSPS) is 16.3. The molecule has 0 aromatic heterocycles. The minimum absolute atomic E-state index is 0.0500. The minimum Gasteiger partial charge on any atom is -0.504 e. The third-order valence-electron chi connectivity index (χ3n) is 4.66. The van der Waals surface area contributed by atoms with Gasteiger partial charge in [-0.3, -0.25) is 14.5 Å². The Hall–Kier alpha value is -3.05. The van der Waals surface area contributed by atoms with Crippen molar-refractivity contribution in [2.24, 2.45) is 0 Å². The molecule has 1 aliphatic heterocycles. The Balaban J connectivity index is 1.80. The molecule has 0 spiro atoms. The Morgan fingerprint density at radius 3 is 2.67 bits per heavy atom. The number of phenols is 1. The molecule has 2 amide bonds. The van der Waals surface area contributed by atoms with Gasteiger partial charge in [0.15, 0.2) is 11.5 Å². The molecule has 1 unspecified atom stereocenters. The lowest BCUT2D eigenvalue weighted by Crippen LogP contribution is -2.44. The third kappa shape index (κ3) is 5.48. The zero-order valence-electron chi connectivity index (χ0n) is 17.5. The largest absolute Gasteiger partial charge is 0.504 e. The Morgan fingerprint density at radius 2 is 2.00 bits per heavy atom. The van der Waals surface area contributed by atoms with Crippen LogP contribution in [-0.4, -0.2) is 38.8 Å². The number of rotatable bonds is 6. The Kier molecular flexibility index (Phi) is 7.33. The highest BCUT2D eigenvalue weighted by molar-refractivity contribution is 8.26. The molecule has 1 heterocycles. The van der Waals surface area contributed by atoms with Crippen LogP contribution in [0.2, 0.25) is 0 Å². The van der Waals surface area contributed by atoms with Crippen molar-refractivity contribution in [2.75, 3.05) is 11.9 Å². The van der Waals surface area contributed by atoms with Crippen molar-refractivity contribution in [3.63, 3.8) is 0 Å². The monoisotopic (exact) mass is 496 g/mol. The molecule has 174 valence electrons. The van der Waals surface area contributed by atoms with Crippen molar-refractivity contribution in [3.05, 3.63) is 58.5 Å². The first-order valence-corrected chi connectivity index (χ1v) is 10.9. The highest BCUT2D eigenvalue weighted by Crippen LogP contribution is 2.37. The van der Waals surface area contributed by atoms with Gasteiger partial charge in [0.1, 0.15) is 10.4 Å². The second-order valence-corrected chi connectivity index (χ2v) is 8.60. The van der Waals surface area contributed by atoms with Crippen LogP contribution in [0, 0.1) is 0 Å². The number of para-hydroxylation sites is 1. The fourth-order valence-corrected chi connectivity index (χ4v) is 4.47. The molecular formula is C22H19F3N2O4S2. The predicted octanol–water partition coefficient (Wildman–Crippen LogP) is 5.04. The first kappa shape index (κ1) is 24.6. The molecule has 2 N–H and O–H groups in total. The summed E-state index contributed by atoms with van der Waals surface area (Å²) in [6.07, 6.45) is -3.12. The Labute approximate surface area is 197 Å². The van der Waals surface area contributed by atoms with Crippen LogP contribution >= 0.6 is 24.0 Å². The van der Waals surface area contributed by atoms with Gasteiger partial charge >= 0.3 is 6.18 Å². The minimum atomic E-state index is -4.65. The number of aromatic hydroxyl groups is 1. The molecule has 1 aliphatic rings. The molecule has 0 saturated carbocycles. The maximum atomic E-state index is 13.2. The van der Waals surface area contributed by atoms with Gasteiger partial charge in [-0.1, -0.05) is 42.2 Å². The van der Waals surface area contributed by atoms with Crippen LogP contribution in [0.1, 0.15) is 25.0 Å². The summed E-state index contributed by atoms with van der Waals surface area (Å²) in [5.74, 6) is -1.17. The SMILES string of the molecule is CCOc1cc(/C=C2\SC(=S)N(C(C)C(=O)Nc3ccccc3C(F)(F)F)C2=O)ccc1O. The van der Waals surface area contributed by atoms with Crippen LogP contribution < -0.4 is 10.1 Å². The van der Waals surface area contributed by atoms with Gasteiger partial charge < -0.3 is 15.2 Å². The van der Waals surface area contributed by atoms with Gasteiger partial charge in [0, 0.05) is 0 Å². The molecule has 0 aliphatic carbocycles. The van der Waals surface area contributed by atoms with Gasteiger partial charge in [-0.05, 0) is 49.8 Å². The van der Waals surface area contributed by atoms with E-state index < -0.39 is 35.3 Å². The smallest absolute Gasteiger partial charge is 0.418 e. The number of amides is 2. The van der Waals surface area contributed by atoms with E-state index in [-0.39, 0.29) is 20.7 Å². The Bertz CT molecular complexity index is 1130. The number of nitrogens with one attached hydrogen (secondary N) is 1. The zero-order chi connectivity index (χ0) is 24.3. The van der Waals surface area contributed by atoms with Crippen molar-refractivity contribution < 1.29 is 32.6 Å². The fourth-order valence-electron chi connectivity index (χ4n) is 3.05. The molecule has 11 heteroatoms. The average molecular weight is 497 g/mol. The summed E-state index contributed by atoms with van der Waals surface area (Å²) in [6, 6.07) is 7.98. The number of carbonyl (C=O) groups is 2. The second kappa shape index (κ2) is 9.84. The number of nitrogens with zero attached hydrogens (tertiary/aromatic N) is 1. The lowest BCUT2D eigenvalue weighted by atomic mass is 10.1. The van der Waals surface area contributed by atoms with Crippen molar-refractivity contribution in [2.45, 2.75) is 26.1 Å². The van der Waals surface area contributed by atoms with E-state index in [2.05, 4.69) is 5.32 Å². The number of hydrogen-bond acceptors (Lipinski definition) is 6. The lowest BCUT2D eigenvalue weighted by molar-refractivity contribution is -0.137. The predicted molar refractivity (Wildman–Crippen MR) is 124 cm³/mol. The van der Waals surface area contributed by atoms with E-state index >= 15 is 0 Å². The van der Waals surface area contributed by atoms with Crippen LogP contribution in [-0.2, 0) is 15.8 Å². The van der Waals surface area contributed by atoms with Gasteiger partial charge in [0.05, 0.1) is 22.8 Å². The van der Waals surface area contributed by atoms with Crippen molar-refractivity contribution in [1.82, 2.24) is 4.90 Å². The van der Waals surface area contributed by atoms with E-state index in [1.807, 2.05) is 0 Å². The zero-order valence-corrected chi connectivity index (χ0v) is 19.1. The molecule has 0 radical (unpaired) electrons. The molecule has 2 aromatic carbocycles. The van der Waals surface area contributed by atoms with Gasteiger partial charge in [0.2, 0.25) is 5.91 Å². The van der Waals surface area contributed by atoms with Crippen molar-refractivity contribution in [1.29, 1.82) is 0 Å². The van der Waals surface area contributed by atoms with E-state index in [4.69, 9.17) is 17.0 Å². The molecule has 0 bridgehead atoms. The first-order valence-electron chi connectivity index (χ1n) is 9.73. The molecule has 2 aromatic rings. The number of thiocarbonyl (C=S) groups is 1. The summed E-state index contributed by atoms with van der Waals surface area (Å²) in [5.41, 5.74) is -0.836. The number of thioether (sulfide) groups is 1. The number of benzene rings is 2. The summed E-state index contributed by atoms with van der Waals surface area (Å²) in [7, 11) is 0. The molecule has 1 saturated heterocycles. The van der Waals surface area contributed by atoms with Crippen molar-refractivity contribution >= 4 is 51.9 Å². The standard InChI is InChI=1S/C22H19F3N2O4S2/c1-3-31-17-10-13(8-9-16(17)28)11-18-20(30)27(21(32)33-18)12(2)19(29)26-15-7-5-4-6-14(15)22(23,24)25/h4-12,28H,3H2,1-2H3,(H,26,29)/b18-11-. The molecule has 1 atom stereocenters. The number of carbonyl (C=O) groups excluding carboxylic acids is 2. The van der Waals surface area contributed by atoms with Gasteiger partial charge in [-0.15, -0.1) is 0 Å². The van der Waals surface area contributed by atoms with E-state index in [1.165, 1.54) is 31.2 Å². The number of anilines is 1. The van der Waals surface area contributed by atoms with E-state index in [1.54, 1.807) is 19.1 Å². The van der Waals surface area contributed by atoms with Crippen molar-refractivity contribution in [3.8, 4) is 11.5 Å². The number of alkyl halides is 3. The number of phenolic OH excluding ortho intramolecular Hbond substituents is 1. The summed E-state index contributed by atoms with van der Waals surface area (Å²) in [4.78, 5) is 26.9. The summed E-state index contributed by atoms with van der Waals surface area (Å²) >= 11 is 6.21. The average Bonchev–Trinajstić information content (AvgIpc) is 3.02. The highest BCUT2D eigenvalue weighted by Gasteiger charge is 2.39. The maximum Gasteiger partial charge on any atom is 0.418 e. The number of halogens is 3.